The highest BCUT2D eigenvalue weighted by molar-refractivity contribution is 5.66. The number of aliphatic hydroxyl groups excluding tert-OH is 1. The zero-order valence-corrected chi connectivity index (χ0v) is 13.6. The van der Waals surface area contributed by atoms with Crippen molar-refractivity contribution in [1.82, 2.24) is 0 Å². The van der Waals surface area contributed by atoms with E-state index in [2.05, 4.69) is 37.2 Å². The van der Waals surface area contributed by atoms with Crippen molar-refractivity contribution in [3.63, 3.8) is 0 Å². The van der Waals surface area contributed by atoms with Crippen LogP contribution >= 0.6 is 0 Å². The third-order valence-electron chi connectivity index (χ3n) is 2.80. The largest absolute Gasteiger partial charge is 0.445 e. The number of aliphatic hydroxyl groups is 1. The number of rotatable bonds is 9. The van der Waals surface area contributed by atoms with Gasteiger partial charge in [0.05, 0.1) is 0 Å². The van der Waals surface area contributed by atoms with Gasteiger partial charge in [-0.15, -0.1) is 0 Å². The van der Waals surface area contributed by atoms with Crippen molar-refractivity contribution >= 4 is 5.97 Å². The van der Waals surface area contributed by atoms with E-state index in [1.54, 1.807) is 6.08 Å². The number of carbonyl (C=O) groups excluding carboxylic acids is 1. The second-order valence-electron chi connectivity index (χ2n) is 4.88. The predicted octanol–water partition coefficient (Wildman–Crippen LogP) is 3.39. The molecule has 120 valence electrons. The van der Waals surface area contributed by atoms with Gasteiger partial charge in [-0.25, -0.2) is 0 Å². The minimum atomic E-state index is -0.819. The summed E-state index contributed by atoms with van der Waals surface area (Å²) in [6.45, 7) is 7.02. The molecule has 3 heteroatoms. The molecule has 0 heterocycles. The number of unbranched alkanes of at least 4 members (excludes halogenated alkanes) is 5. The molecule has 0 bridgehead atoms. The molecule has 0 radical (unpaired) electrons. The number of carbonyl (C=O) groups is 1. The van der Waals surface area contributed by atoms with Crippen LogP contribution in [-0.4, -0.2) is 23.3 Å². The summed E-state index contributed by atoms with van der Waals surface area (Å²) in [7, 11) is 0. The summed E-state index contributed by atoms with van der Waals surface area (Å²) in [4.78, 5) is 10.8. The number of hydrogen-bond acceptors (Lipinski definition) is 3. The summed E-state index contributed by atoms with van der Waals surface area (Å²) in [6.07, 6.45) is 10.7. The molecule has 0 aliphatic heterocycles. The zero-order valence-electron chi connectivity index (χ0n) is 13.6. The molecule has 0 aromatic rings. The van der Waals surface area contributed by atoms with Crippen molar-refractivity contribution in [1.29, 1.82) is 0 Å². The van der Waals surface area contributed by atoms with Gasteiger partial charge < -0.3 is 9.84 Å². The molecule has 0 fully saturated rings. The monoisotopic (exact) mass is 302 g/mol. The Morgan fingerprint density at radius 1 is 1.23 bits per heavy atom. The fourth-order valence-electron chi connectivity index (χ4n) is 1.67. The highest BCUT2D eigenvalue weighted by atomic mass is 16.5. The first-order chi connectivity index (χ1) is 10.6. The summed E-state index contributed by atoms with van der Waals surface area (Å²) in [5.74, 6) is 9.89. The Labute approximate surface area is 134 Å². The van der Waals surface area contributed by atoms with E-state index >= 15 is 0 Å². The molecule has 0 spiro atoms. The first-order valence-electron chi connectivity index (χ1n) is 7.75. The molecule has 0 saturated heterocycles. The number of hydrogen-bond donors (Lipinski definition) is 1. The van der Waals surface area contributed by atoms with Crippen molar-refractivity contribution in [2.24, 2.45) is 0 Å². The second kappa shape index (κ2) is 14.0. The Kier molecular flexibility index (Phi) is 12.7. The number of allylic oxidation sites excluding steroid dienone is 1. The van der Waals surface area contributed by atoms with Crippen LogP contribution < -0.4 is 0 Å². The predicted molar refractivity (Wildman–Crippen MR) is 89.8 cm³/mol. The van der Waals surface area contributed by atoms with Gasteiger partial charge in [0.2, 0.25) is 0 Å². The molecule has 0 unspecified atom stereocenters. The minimum absolute atomic E-state index is 0.422. The summed E-state index contributed by atoms with van der Waals surface area (Å²) in [6, 6.07) is 0. The Bertz CT molecular complexity index is 468. The smallest absolute Gasteiger partial charge is 0.304 e. The quantitative estimate of drug-likeness (QED) is 0.307. The van der Waals surface area contributed by atoms with E-state index in [0.29, 0.717) is 0 Å². The molecular formula is C19H26O3. The lowest BCUT2D eigenvalue weighted by Crippen LogP contribution is -2.10. The third kappa shape index (κ3) is 13.0. The van der Waals surface area contributed by atoms with E-state index in [4.69, 9.17) is 4.74 Å². The Morgan fingerprint density at radius 2 is 1.91 bits per heavy atom. The van der Waals surface area contributed by atoms with Gasteiger partial charge in [-0.1, -0.05) is 51.2 Å². The fourth-order valence-corrected chi connectivity index (χ4v) is 1.67. The molecule has 0 aliphatic carbocycles. The van der Waals surface area contributed by atoms with Crippen LogP contribution in [0.2, 0.25) is 0 Å². The lowest BCUT2D eigenvalue weighted by molar-refractivity contribution is -0.142. The third-order valence-corrected chi connectivity index (χ3v) is 2.80. The van der Waals surface area contributed by atoms with Crippen molar-refractivity contribution < 1.29 is 14.6 Å². The molecule has 0 aliphatic rings. The van der Waals surface area contributed by atoms with Crippen LogP contribution in [0.15, 0.2) is 24.8 Å². The molecule has 2 atom stereocenters. The highest BCUT2D eigenvalue weighted by Crippen LogP contribution is 2.05. The molecule has 0 amide bonds. The van der Waals surface area contributed by atoms with Gasteiger partial charge in [0, 0.05) is 6.92 Å². The Balaban J connectivity index is 4.04. The molecular weight excluding hydrogens is 276 g/mol. The maximum Gasteiger partial charge on any atom is 0.304 e. The minimum Gasteiger partial charge on any atom is -0.445 e. The molecule has 3 nitrogen and oxygen atoms in total. The van der Waals surface area contributed by atoms with Gasteiger partial charge in [-0.05, 0) is 42.8 Å². The van der Waals surface area contributed by atoms with Gasteiger partial charge in [0.15, 0.2) is 6.10 Å². The Hall–Kier alpha value is -1.97. The van der Waals surface area contributed by atoms with Crippen LogP contribution in [-0.2, 0) is 9.53 Å². The summed E-state index contributed by atoms with van der Waals surface area (Å²) in [5, 5.41) is 9.62. The van der Waals surface area contributed by atoms with Crippen LogP contribution in [0.4, 0.5) is 0 Å². The highest BCUT2D eigenvalue weighted by Gasteiger charge is 2.01. The first-order valence-corrected chi connectivity index (χ1v) is 7.75. The van der Waals surface area contributed by atoms with Crippen molar-refractivity contribution in [2.75, 3.05) is 0 Å². The van der Waals surface area contributed by atoms with Crippen LogP contribution in [0.5, 0.6) is 0 Å². The molecule has 0 aromatic carbocycles. The average molecular weight is 302 g/mol. The van der Waals surface area contributed by atoms with Gasteiger partial charge >= 0.3 is 5.97 Å². The normalized spacial score (nSPS) is 12.5. The van der Waals surface area contributed by atoms with Gasteiger partial charge in [-0.3, -0.25) is 4.79 Å². The lowest BCUT2D eigenvalue weighted by Gasteiger charge is -2.03. The average Bonchev–Trinajstić information content (AvgIpc) is 2.49. The SMILES string of the molecule is C=C[C@H](C#CC#C[C@@H](O)/C=C\CCCCCCC)OC(C)=O. The van der Waals surface area contributed by atoms with Crippen molar-refractivity contribution in [3.8, 4) is 23.7 Å². The van der Waals surface area contributed by atoms with Crippen molar-refractivity contribution in [2.45, 2.75) is 64.6 Å². The van der Waals surface area contributed by atoms with Gasteiger partial charge in [-0.2, -0.15) is 0 Å². The van der Waals surface area contributed by atoms with Crippen LogP contribution in [0.25, 0.3) is 0 Å². The van der Waals surface area contributed by atoms with Crippen LogP contribution in [0, 0.1) is 23.7 Å². The molecule has 1 N–H and O–H groups in total. The standard InChI is InChI=1S/C19H26O3/c1-4-6-7-8-9-10-11-14-18(21)15-12-13-16-19(5-2)22-17(3)20/h5,11,14,18-19,21H,2,4,6-10H2,1,3H3/b14-11-/t18-,19+/m0/s1. The topological polar surface area (TPSA) is 46.5 Å². The Morgan fingerprint density at radius 3 is 2.55 bits per heavy atom. The molecule has 22 heavy (non-hydrogen) atoms. The van der Waals surface area contributed by atoms with Gasteiger partial charge in [0.25, 0.3) is 0 Å². The van der Waals surface area contributed by atoms with Crippen LogP contribution in [0.3, 0.4) is 0 Å². The van der Waals surface area contributed by atoms with E-state index < -0.39 is 18.2 Å². The molecule has 0 rings (SSSR count). The maximum atomic E-state index is 10.8. The summed E-state index contributed by atoms with van der Waals surface area (Å²) < 4.78 is 4.85. The van der Waals surface area contributed by atoms with Crippen LogP contribution in [0.1, 0.15) is 52.4 Å². The maximum absolute atomic E-state index is 10.8. The van der Waals surface area contributed by atoms with Gasteiger partial charge in [0.1, 0.15) is 6.10 Å². The summed E-state index contributed by atoms with van der Waals surface area (Å²) in [5.41, 5.74) is 0. The second-order valence-corrected chi connectivity index (χ2v) is 4.88. The number of ether oxygens (including phenoxy) is 1. The number of esters is 1. The van der Waals surface area contributed by atoms with E-state index in [1.165, 1.54) is 38.7 Å². The first kappa shape index (κ1) is 20.0. The summed E-state index contributed by atoms with van der Waals surface area (Å²) >= 11 is 0. The van der Waals surface area contributed by atoms with E-state index in [-0.39, 0.29) is 0 Å². The molecule has 0 aromatic heterocycles. The fraction of sp³-hybridized carbons (Fsp3) is 0.526. The van der Waals surface area contributed by atoms with E-state index in [1.807, 2.05) is 6.08 Å². The lowest BCUT2D eigenvalue weighted by atomic mass is 10.1. The van der Waals surface area contributed by atoms with Crippen molar-refractivity contribution in [3.05, 3.63) is 24.8 Å². The molecule has 0 saturated carbocycles. The zero-order chi connectivity index (χ0) is 16.6. The van der Waals surface area contributed by atoms with E-state index in [9.17, 15) is 9.90 Å². The van der Waals surface area contributed by atoms with E-state index in [0.717, 1.165) is 12.8 Å².